The molecule has 0 saturated carbocycles. The van der Waals surface area contributed by atoms with E-state index in [0.717, 1.165) is 5.56 Å². The summed E-state index contributed by atoms with van der Waals surface area (Å²) < 4.78 is 1.74. The molecule has 4 aromatic rings. The summed E-state index contributed by atoms with van der Waals surface area (Å²) in [7, 11) is 0. The number of para-hydroxylation sites is 1. The van der Waals surface area contributed by atoms with Gasteiger partial charge in [0.15, 0.2) is 0 Å². The Bertz CT molecular complexity index is 1280. The van der Waals surface area contributed by atoms with Crippen LogP contribution in [0.3, 0.4) is 0 Å². The molecule has 0 unspecified atom stereocenters. The third kappa shape index (κ3) is 2.75. The molecule has 0 bridgehead atoms. The normalized spacial score (nSPS) is 10.9. The molecule has 0 spiro atoms. The summed E-state index contributed by atoms with van der Waals surface area (Å²) >= 11 is 0. The predicted octanol–water partition coefficient (Wildman–Crippen LogP) is 1.60. The number of nitrogens with zero attached hydrogens (tertiary/aromatic N) is 4. The summed E-state index contributed by atoms with van der Waals surface area (Å²) in [5.74, 6) is 0.404. The molecule has 2 aromatic heterocycles. The number of nitrogens with one attached hydrogen (secondary N) is 1. The standard InChI is InChI=1S/C20H16N6O2/c21-8-13-3-1-2-4-17(13)26-18(10-23-19(26)11-27)12-5-6-14-15(7-12)16(9-22)24-25-20(14)28/h1-7,10,27H,9,11,22H2,(H,25,28). The van der Waals surface area contributed by atoms with Crippen LogP contribution in [0, 0.1) is 11.3 Å². The Morgan fingerprint density at radius 3 is 2.79 bits per heavy atom. The zero-order valence-corrected chi connectivity index (χ0v) is 14.8. The molecular weight excluding hydrogens is 356 g/mol. The van der Waals surface area contributed by atoms with Gasteiger partial charge in [0.05, 0.1) is 34.2 Å². The van der Waals surface area contributed by atoms with Crippen LogP contribution < -0.4 is 11.3 Å². The minimum absolute atomic E-state index is 0.176. The molecule has 0 aliphatic carbocycles. The van der Waals surface area contributed by atoms with Crippen LogP contribution in [0.15, 0.2) is 53.5 Å². The van der Waals surface area contributed by atoms with Crippen molar-refractivity contribution in [1.29, 1.82) is 5.26 Å². The Labute approximate surface area is 159 Å². The highest BCUT2D eigenvalue weighted by Crippen LogP contribution is 2.29. The van der Waals surface area contributed by atoms with Gasteiger partial charge >= 0.3 is 0 Å². The second-order valence-electron chi connectivity index (χ2n) is 6.15. The fraction of sp³-hybridized carbons (Fsp3) is 0.100. The summed E-state index contributed by atoms with van der Waals surface area (Å²) in [4.78, 5) is 16.4. The number of aromatic amines is 1. The zero-order chi connectivity index (χ0) is 19.7. The third-order valence-electron chi connectivity index (χ3n) is 4.60. The van der Waals surface area contributed by atoms with Crippen LogP contribution in [0.4, 0.5) is 0 Å². The topological polar surface area (TPSA) is 134 Å². The van der Waals surface area contributed by atoms with E-state index in [1.54, 1.807) is 41.1 Å². The number of H-pyrrole nitrogens is 1. The third-order valence-corrected chi connectivity index (χ3v) is 4.60. The van der Waals surface area contributed by atoms with E-state index in [-0.39, 0.29) is 18.7 Å². The molecule has 4 rings (SSSR count). The summed E-state index contributed by atoms with van der Waals surface area (Å²) in [6.45, 7) is -0.113. The SMILES string of the molecule is N#Cc1ccccc1-n1c(-c2ccc3c(=O)[nH]nc(CN)c3c2)cnc1CO. The van der Waals surface area contributed by atoms with Crippen LogP contribution in [0.5, 0.6) is 0 Å². The van der Waals surface area contributed by atoms with Crippen molar-refractivity contribution in [3.63, 3.8) is 0 Å². The highest BCUT2D eigenvalue weighted by atomic mass is 16.3. The van der Waals surface area contributed by atoms with Gasteiger partial charge in [0.25, 0.3) is 5.56 Å². The Balaban J connectivity index is 2.00. The number of nitriles is 1. The first-order chi connectivity index (χ1) is 13.7. The van der Waals surface area contributed by atoms with E-state index in [2.05, 4.69) is 21.3 Å². The van der Waals surface area contributed by atoms with Crippen molar-refractivity contribution in [2.45, 2.75) is 13.2 Å². The molecule has 0 saturated heterocycles. The number of aliphatic hydroxyl groups excluding tert-OH is 1. The fourth-order valence-corrected chi connectivity index (χ4v) is 3.27. The van der Waals surface area contributed by atoms with E-state index >= 15 is 0 Å². The molecule has 8 nitrogen and oxygen atoms in total. The van der Waals surface area contributed by atoms with Crippen molar-refractivity contribution in [2.24, 2.45) is 5.73 Å². The van der Waals surface area contributed by atoms with Gasteiger partial charge in [-0.1, -0.05) is 18.2 Å². The van der Waals surface area contributed by atoms with Crippen molar-refractivity contribution >= 4 is 10.8 Å². The lowest BCUT2D eigenvalue weighted by Crippen LogP contribution is -2.13. The molecule has 0 aliphatic rings. The molecule has 0 amide bonds. The quantitative estimate of drug-likeness (QED) is 0.498. The second kappa shape index (κ2) is 7.08. The van der Waals surface area contributed by atoms with Gasteiger partial charge in [-0.15, -0.1) is 0 Å². The second-order valence-corrected chi connectivity index (χ2v) is 6.15. The average Bonchev–Trinajstić information content (AvgIpc) is 3.17. The minimum atomic E-state index is -0.293. The van der Waals surface area contributed by atoms with Crippen molar-refractivity contribution in [2.75, 3.05) is 0 Å². The van der Waals surface area contributed by atoms with E-state index in [0.29, 0.717) is 39.2 Å². The summed E-state index contributed by atoms with van der Waals surface area (Å²) in [5.41, 5.74) is 8.55. The molecule has 2 aromatic carbocycles. The lowest BCUT2D eigenvalue weighted by molar-refractivity contribution is 0.269. The maximum atomic E-state index is 12.1. The number of aromatic nitrogens is 4. The van der Waals surface area contributed by atoms with E-state index in [1.807, 2.05) is 12.1 Å². The molecule has 2 heterocycles. The van der Waals surface area contributed by atoms with Gasteiger partial charge in [0.1, 0.15) is 18.5 Å². The van der Waals surface area contributed by atoms with Crippen LogP contribution in [-0.4, -0.2) is 24.9 Å². The van der Waals surface area contributed by atoms with E-state index in [9.17, 15) is 15.2 Å². The number of nitrogens with two attached hydrogens (primary N) is 1. The molecule has 0 atom stereocenters. The average molecular weight is 372 g/mol. The summed E-state index contributed by atoms with van der Waals surface area (Å²) in [6, 6.07) is 14.6. The molecule has 4 N–H and O–H groups in total. The van der Waals surface area contributed by atoms with E-state index < -0.39 is 0 Å². The molecule has 0 radical (unpaired) electrons. The van der Waals surface area contributed by atoms with Gasteiger partial charge < -0.3 is 10.8 Å². The van der Waals surface area contributed by atoms with Crippen molar-refractivity contribution in [1.82, 2.24) is 19.7 Å². The van der Waals surface area contributed by atoms with Crippen LogP contribution >= 0.6 is 0 Å². The molecular formula is C20H16N6O2. The predicted molar refractivity (Wildman–Crippen MR) is 103 cm³/mol. The Morgan fingerprint density at radius 2 is 2.04 bits per heavy atom. The Kier molecular flexibility index (Phi) is 4.45. The van der Waals surface area contributed by atoms with Crippen LogP contribution in [0.1, 0.15) is 17.1 Å². The van der Waals surface area contributed by atoms with Gasteiger partial charge in [-0.25, -0.2) is 10.1 Å². The highest BCUT2D eigenvalue weighted by molar-refractivity contribution is 5.88. The maximum absolute atomic E-state index is 12.1. The lowest BCUT2D eigenvalue weighted by Gasteiger charge is -2.13. The number of aliphatic hydroxyl groups is 1. The fourth-order valence-electron chi connectivity index (χ4n) is 3.27. The summed E-state index contributed by atoms with van der Waals surface area (Å²) in [5, 5.41) is 26.8. The molecule has 8 heteroatoms. The van der Waals surface area contributed by atoms with Gasteiger partial charge in [-0.3, -0.25) is 9.36 Å². The molecule has 0 fully saturated rings. The van der Waals surface area contributed by atoms with Crippen LogP contribution in [0.2, 0.25) is 0 Å². The minimum Gasteiger partial charge on any atom is -0.388 e. The van der Waals surface area contributed by atoms with Gasteiger partial charge in [0, 0.05) is 17.5 Å². The summed E-state index contributed by atoms with van der Waals surface area (Å²) in [6.07, 6.45) is 1.63. The molecule has 138 valence electrons. The van der Waals surface area contributed by atoms with Crippen LogP contribution in [-0.2, 0) is 13.2 Å². The number of rotatable bonds is 4. The molecule has 28 heavy (non-hydrogen) atoms. The highest BCUT2D eigenvalue weighted by Gasteiger charge is 2.17. The first-order valence-electron chi connectivity index (χ1n) is 8.56. The Morgan fingerprint density at radius 1 is 1.21 bits per heavy atom. The van der Waals surface area contributed by atoms with Crippen LogP contribution in [0.25, 0.3) is 27.7 Å². The monoisotopic (exact) mass is 372 g/mol. The number of hydrogen-bond acceptors (Lipinski definition) is 6. The van der Waals surface area contributed by atoms with Crippen molar-refractivity contribution in [3.05, 3.63) is 76.1 Å². The largest absolute Gasteiger partial charge is 0.388 e. The lowest BCUT2D eigenvalue weighted by atomic mass is 10.0. The van der Waals surface area contributed by atoms with Gasteiger partial charge in [0.2, 0.25) is 0 Å². The first-order valence-corrected chi connectivity index (χ1v) is 8.56. The van der Waals surface area contributed by atoms with Gasteiger partial charge in [-0.05, 0) is 24.3 Å². The smallest absolute Gasteiger partial charge is 0.272 e. The number of imidazole rings is 1. The number of hydrogen-bond donors (Lipinski definition) is 3. The maximum Gasteiger partial charge on any atom is 0.272 e. The van der Waals surface area contributed by atoms with Crippen molar-refractivity contribution < 1.29 is 5.11 Å². The van der Waals surface area contributed by atoms with Crippen molar-refractivity contribution in [3.8, 4) is 23.0 Å². The zero-order valence-electron chi connectivity index (χ0n) is 14.8. The Hall–Kier alpha value is -3.80. The van der Waals surface area contributed by atoms with E-state index in [4.69, 9.17) is 5.73 Å². The molecule has 0 aliphatic heterocycles. The van der Waals surface area contributed by atoms with Gasteiger partial charge in [-0.2, -0.15) is 10.4 Å². The first kappa shape index (κ1) is 17.6. The van der Waals surface area contributed by atoms with E-state index in [1.165, 1.54) is 0 Å². The number of fused-ring (bicyclic) bond motifs is 1. The number of benzene rings is 2.